The van der Waals surface area contributed by atoms with Crippen LogP contribution in [0.15, 0.2) is 21.9 Å². The second-order valence-electron chi connectivity index (χ2n) is 6.85. The fraction of sp³-hybridized carbons (Fsp3) is 0.636. The first kappa shape index (κ1) is 23.7. The predicted octanol–water partition coefficient (Wildman–Crippen LogP) is -1.84. The summed E-state index contributed by atoms with van der Waals surface area (Å²) in [6.07, 6.45) is -1.84. The third-order valence-electron chi connectivity index (χ3n) is 4.94. The van der Waals surface area contributed by atoms with Crippen LogP contribution in [0, 0.1) is 11.3 Å². The Morgan fingerprint density at radius 1 is 1.10 bits per heavy atom. The zero-order valence-electron chi connectivity index (χ0n) is 14.6. The lowest BCUT2D eigenvalue weighted by atomic mass is 10.0. The molecule has 16 nitrogen and oxygen atoms in total. The molecule has 0 radical (unpaired) electrons. The molecular formula is C11H17N2O14P3. The van der Waals surface area contributed by atoms with E-state index in [9.17, 15) is 38.4 Å². The maximum atomic E-state index is 12.0. The number of aliphatic hydroxyl groups is 2. The van der Waals surface area contributed by atoms with Gasteiger partial charge in [0.2, 0.25) is 0 Å². The molecule has 7 atom stereocenters. The van der Waals surface area contributed by atoms with Crippen LogP contribution in [0.25, 0.3) is 0 Å². The van der Waals surface area contributed by atoms with Crippen molar-refractivity contribution >= 4 is 23.5 Å². The highest BCUT2D eigenvalue weighted by molar-refractivity contribution is 7.66. The van der Waals surface area contributed by atoms with Crippen LogP contribution in [0.1, 0.15) is 12.5 Å². The van der Waals surface area contributed by atoms with E-state index in [0.29, 0.717) is 0 Å². The Balaban J connectivity index is 1.73. The Morgan fingerprint density at radius 3 is 2.30 bits per heavy atom. The van der Waals surface area contributed by atoms with Gasteiger partial charge >= 0.3 is 29.2 Å². The van der Waals surface area contributed by atoms with Crippen molar-refractivity contribution in [2.24, 2.45) is 11.3 Å². The lowest BCUT2D eigenvalue weighted by Crippen LogP contribution is -2.40. The Hall–Kier alpha value is -0.990. The summed E-state index contributed by atoms with van der Waals surface area (Å²) in [6, 6.07) is 0.0171. The molecule has 1 aromatic rings. The first-order valence-corrected chi connectivity index (χ1v) is 12.5. The molecule has 0 amide bonds. The van der Waals surface area contributed by atoms with Crippen molar-refractivity contribution in [3.63, 3.8) is 0 Å². The van der Waals surface area contributed by atoms with E-state index in [1.165, 1.54) is 0 Å². The molecule has 1 aromatic heterocycles. The SMILES string of the molecule is O=c1ccn([C@@H]2C3C[C@@]3(COP(=O)(O)OP(=O)(O)OP(=O)(O)O)[C@@H](O)[C@H]2O)c(=O)[nH]1. The van der Waals surface area contributed by atoms with E-state index in [1.54, 1.807) is 0 Å². The summed E-state index contributed by atoms with van der Waals surface area (Å²) in [4.78, 5) is 60.9. The Labute approximate surface area is 166 Å². The average molecular weight is 494 g/mol. The topological polar surface area (TPSA) is 255 Å². The number of hydrogen-bond donors (Lipinski definition) is 7. The molecule has 30 heavy (non-hydrogen) atoms. The van der Waals surface area contributed by atoms with Gasteiger partial charge in [-0.25, -0.2) is 18.5 Å². The summed E-state index contributed by atoms with van der Waals surface area (Å²) in [5.74, 6) is -0.640. The number of nitrogens with zero attached hydrogens (tertiary/aromatic N) is 1. The number of H-pyrrole nitrogens is 1. The van der Waals surface area contributed by atoms with E-state index < -0.39 is 70.9 Å². The van der Waals surface area contributed by atoms with Crippen molar-refractivity contribution in [2.45, 2.75) is 24.7 Å². The van der Waals surface area contributed by atoms with E-state index in [2.05, 4.69) is 13.1 Å². The van der Waals surface area contributed by atoms with Crippen LogP contribution < -0.4 is 11.2 Å². The van der Waals surface area contributed by atoms with Gasteiger partial charge in [0.1, 0.15) is 6.10 Å². The molecule has 19 heteroatoms. The van der Waals surface area contributed by atoms with Gasteiger partial charge in [-0.2, -0.15) is 8.62 Å². The van der Waals surface area contributed by atoms with Crippen molar-refractivity contribution < 1.29 is 56.6 Å². The fourth-order valence-corrected chi connectivity index (χ4v) is 6.79. The monoisotopic (exact) mass is 494 g/mol. The summed E-state index contributed by atoms with van der Waals surface area (Å²) >= 11 is 0. The van der Waals surface area contributed by atoms with Crippen LogP contribution in [0.3, 0.4) is 0 Å². The maximum absolute atomic E-state index is 12.0. The summed E-state index contributed by atoms with van der Waals surface area (Å²) < 4.78 is 46.6. The minimum Gasteiger partial charge on any atom is -0.390 e. The molecule has 3 rings (SSSR count). The van der Waals surface area contributed by atoms with Gasteiger partial charge in [0.15, 0.2) is 0 Å². The number of fused-ring (bicyclic) bond motifs is 1. The third kappa shape index (κ3) is 4.75. The normalized spacial score (nSPS) is 34.7. The Morgan fingerprint density at radius 2 is 1.73 bits per heavy atom. The Bertz CT molecular complexity index is 1090. The minimum atomic E-state index is -5.70. The maximum Gasteiger partial charge on any atom is 0.490 e. The van der Waals surface area contributed by atoms with Crippen molar-refractivity contribution in [1.29, 1.82) is 0 Å². The lowest BCUT2D eigenvalue weighted by molar-refractivity contribution is -0.0306. The van der Waals surface area contributed by atoms with Crippen LogP contribution in [0.2, 0.25) is 0 Å². The second kappa shape index (κ2) is 7.55. The van der Waals surface area contributed by atoms with Crippen molar-refractivity contribution in [3.05, 3.63) is 33.1 Å². The molecule has 2 aliphatic carbocycles. The zero-order valence-corrected chi connectivity index (χ0v) is 17.3. The highest BCUT2D eigenvalue weighted by Gasteiger charge is 2.72. The molecule has 0 aliphatic heterocycles. The highest BCUT2D eigenvalue weighted by atomic mass is 31.3. The van der Waals surface area contributed by atoms with Gasteiger partial charge in [0, 0.05) is 17.7 Å². The number of rotatable bonds is 8. The summed E-state index contributed by atoms with van der Waals surface area (Å²) in [6.45, 7) is -0.784. The van der Waals surface area contributed by atoms with Crippen LogP contribution in [0.4, 0.5) is 0 Å². The molecule has 0 saturated heterocycles. The number of phosphoric ester groups is 1. The smallest absolute Gasteiger partial charge is 0.390 e. The minimum absolute atomic E-state index is 0.108. The van der Waals surface area contributed by atoms with E-state index in [4.69, 9.17) is 14.7 Å². The first-order chi connectivity index (χ1) is 13.6. The number of hydrogen-bond acceptors (Lipinski definition) is 10. The number of aromatic nitrogens is 2. The third-order valence-corrected chi connectivity index (χ3v) is 8.72. The average Bonchev–Trinajstić information content (AvgIpc) is 3.21. The number of nitrogens with one attached hydrogen (secondary N) is 1. The molecule has 0 aromatic carbocycles. The number of phosphoric acid groups is 3. The lowest BCUT2D eigenvalue weighted by Gasteiger charge is -2.24. The summed E-state index contributed by atoms with van der Waals surface area (Å²) in [5, 5.41) is 20.7. The van der Waals surface area contributed by atoms with Gasteiger partial charge in [-0.15, -0.1) is 0 Å². The van der Waals surface area contributed by atoms with Gasteiger partial charge in [-0.1, -0.05) is 0 Å². The largest absolute Gasteiger partial charge is 0.490 e. The molecule has 1 heterocycles. The van der Waals surface area contributed by atoms with Gasteiger partial charge in [0.05, 0.1) is 18.8 Å². The molecule has 2 aliphatic rings. The highest BCUT2D eigenvalue weighted by Crippen LogP contribution is 2.70. The number of aromatic amines is 1. The van der Waals surface area contributed by atoms with E-state index in [1.807, 2.05) is 4.98 Å². The summed E-state index contributed by atoms with van der Waals surface area (Å²) in [5.41, 5.74) is -2.86. The van der Waals surface area contributed by atoms with Gasteiger partial charge in [-0.3, -0.25) is 18.9 Å². The molecular weight excluding hydrogens is 477 g/mol. The molecule has 2 saturated carbocycles. The summed E-state index contributed by atoms with van der Waals surface area (Å²) in [7, 11) is -16.7. The second-order valence-corrected chi connectivity index (χ2v) is 11.3. The van der Waals surface area contributed by atoms with E-state index in [-0.39, 0.29) is 6.42 Å². The van der Waals surface area contributed by atoms with Crippen LogP contribution in [-0.4, -0.2) is 58.2 Å². The molecule has 7 N–H and O–H groups in total. The van der Waals surface area contributed by atoms with Crippen molar-refractivity contribution in [2.75, 3.05) is 6.61 Å². The van der Waals surface area contributed by atoms with Crippen LogP contribution >= 0.6 is 23.5 Å². The standard InChI is InChI=1S/C11H17N2O14P3/c14-6-1-2-13(10(17)12-6)7-5-3-11(5,9(16)8(7)15)4-25-29(21,22)27-30(23,24)26-28(18,19)20/h1-2,5,7-9,15-16H,3-4H2,(H,21,22)(H,23,24)(H,12,14,17)(H2,18,19,20)/t5?,7-,8+,9+,11+/m1/s1. The van der Waals surface area contributed by atoms with E-state index in [0.717, 1.165) is 16.8 Å². The fourth-order valence-electron chi connectivity index (χ4n) is 3.69. The van der Waals surface area contributed by atoms with Crippen molar-refractivity contribution in [1.82, 2.24) is 9.55 Å². The molecule has 0 bridgehead atoms. The zero-order chi connectivity index (χ0) is 22.7. The van der Waals surface area contributed by atoms with Gasteiger partial charge in [-0.05, 0) is 12.3 Å². The van der Waals surface area contributed by atoms with Crippen molar-refractivity contribution in [3.8, 4) is 0 Å². The molecule has 3 unspecified atom stereocenters. The quantitative estimate of drug-likeness (QED) is 0.196. The van der Waals surface area contributed by atoms with Gasteiger partial charge in [0.25, 0.3) is 5.56 Å². The van der Waals surface area contributed by atoms with Crippen LogP contribution in [-0.2, 0) is 26.8 Å². The molecule has 170 valence electrons. The van der Waals surface area contributed by atoms with Crippen LogP contribution in [0.5, 0.6) is 0 Å². The Kier molecular flexibility index (Phi) is 5.96. The predicted molar refractivity (Wildman–Crippen MR) is 92.7 cm³/mol. The van der Waals surface area contributed by atoms with E-state index >= 15 is 0 Å². The molecule has 2 fully saturated rings. The molecule has 0 spiro atoms. The van der Waals surface area contributed by atoms with Gasteiger partial charge < -0.3 is 29.8 Å². The number of aliphatic hydroxyl groups excluding tert-OH is 2. The first-order valence-electron chi connectivity index (χ1n) is 8.03.